The smallest absolute Gasteiger partial charge is 0.240 e. The monoisotopic (exact) mass is 246 g/mol. The van der Waals surface area contributed by atoms with Crippen molar-refractivity contribution in [3.8, 4) is 0 Å². The Morgan fingerprint density at radius 3 is 2.50 bits per heavy atom. The highest BCUT2D eigenvalue weighted by Crippen LogP contribution is 2.20. The third kappa shape index (κ3) is 2.96. The summed E-state index contributed by atoms with van der Waals surface area (Å²) in [6.07, 6.45) is 0.991. The number of carbonyl (C=O) groups is 1. The summed E-state index contributed by atoms with van der Waals surface area (Å²) in [5.41, 5.74) is 6.59. The molecule has 16 heavy (non-hydrogen) atoms. The highest BCUT2D eigenvalue weighted by molar-refractivity contribution is 7.91. The molecular formula is C8H14N4O3S. The lowest BCUT2D eigenvalue weighted by atomic mass is 10.4. The van der Waals surface area contributed by atoms with Gasteiger partial charge in [-0.25, -0.2) is 8.42 Å². The van der Waals surface area contributed by atoms with Gasteiger partial charge in [-0.05, 0) is 6.92 Å². The van der Waals surface area contributed by atoms with Gasteiger partial charge in [0.05, 0.1) is 11.4 Å². The van der Waals surface area contributed by atoms with Gasteiger partial charge in [0, 0.05) is 13.3 Å². The minimum absolute atomic E-state index is 0.311. The summed E-state index contributed by atoms with van der Waals surface area (Å²) in [4.78, 5) is 11.4. The third-order valence-electron chi connectivity index (χ3n) is 1.92. The highest BCUT2D eigenvalue weighted by atomic mass is 32.2. The summed E-state index contributed by atoms with van der Waals surface area (Å²) >= 11 is 0. The van der Waals surface area contributed by atoms with E-state index in [9.17, 15) is 13.2 Å². The molecule has 0 aliphatic heterocycles. The fourth-order valence-corrected chi connectivity index (χ4v) is 1.78. The second-order valence-electron chi connectivity index (χ2n) is 3.59. The van der Waals surface area contributed by atoms with Crippen LogP contribution in [0, 0.1) is 6.92 Å². The van der Waals surface area contributed by atoms with E-state index in [1.807, 2.05) is 0 Å². The highest BCUT2D eigenvalue weighted by Gasteiger charge is 2.16. The summed E-state index contributed by atoms with van der Waals surface area (Å²) in [5.74, 6) is -0.889. The van der Waals surface area contributed by atoms with E-state index in [1.165, 1.54) is 4.68 Å². The number of carbonyl (C=O) groups excluding carboxylic acids is 1. The van der Waals surface area contributed by atoms with Crippen molar-refractivity contribution in [3.63, 3.8) is 0 Å². The van der Waals surface area contributed by atoms with Crippen molar-refractivity contribution in [2.45, 2.75) is 6.92 Å². The van der Waals surface area contributed by atoms with Crippen LogP contribution in [-0.4, -0.2) is 36.1 Å². The molecule has 3 N–H and O–H groups in total. The van der Waals surface area contributed by atoms with Crippen LogP contribution in [0.3, 0.4) is 0 Å². The Balaban J connectivity index is 2.85. The van der Waals surface area contributed by atoms with E-state index in [0.29, 0.717) is 17.2 Å². The zero-order valence-corrected chi connectivity index (χ0v) is 10.1. The van der Waals surface area contributed by atoms with Crippen LogP contribution in [0.2, 0.25) is 0 Å². The maximum absolute atomic E-state index is 11.4. The predicted octanol–water partition coefficient (Wildman–Crippen LogP) is -0.706. The minimum atomic E-state index is -3.34. The van der Waals surface area contributed by atoms with Crippen LogP contribution in [0.15, 0.2) is 0 Å². The average molecular weight is 246 g/mol. The number of hydrogen-bond donors (Lipinski definition) is 2. The molecule has 0 aliphatic rings. The molecule has 1 amide bonds. The van der Waals surface area contributed by atoms with Crippen molar-refractivity contribution < 1.29 is 13.2 Å². The first-order chi connectivity index (χ1) is 7.20. The fraction of sp³-hybridized carbons (Fsp3) is 0.500. The van der Waals surface area contributed by atoms with Gasteiger partial charge in [0.25, 0.3) is 0 Å². The molecule has 0 saturated heterocycles. The van der Waals surface area contributed by atoms with Gasteiger partial charge in [-0.1, -0.05) is 0 Å². The summed E-state index contributed by atoms with van der Waals surface area (Å²) in [6, 6.07) is 0. The van der Waals surface area contributed by atoms with Crippen molar-refractivity contribution in [2.24, 2.45) is 7.05 Å². The largest absolute Gasteiger partial charge is 0.394 e. The van der Waals surface area contributed by atoms with Crippen molar-refractivity contribution >= 4 is 27.2 Å². The lowest BCUT2D eigenvalue weighted by Gasteiger charge is -2.05. The Labute approximate surface area is 93.5 Å². The van der Waals surface area contributed by atoms with E-state index in [2.05, 4.69) is 10.4 Å². The van der Waals surface area contributed by atoms with Gasteiger partial charge in [-0.3, -0.25) is 9.48 Å². The van der Waals surface area contributed by atoms with E-state index in [0.717, 1.165) is 6.26 Å². The van der Waals surface area contributed by atoms with Gasteiger partial charge in [0.2, 0.25) is 5.91 Å². The van der Waals surface area contributed by atoms with Crippen LogP contribution in [-0.2, 0) is 21.7 Å². The molecule has 0 aromatic carbocycles. The molecule has 7 nitrogen and oxygen atoms in total. The van der Waals surface area contributed by atoms with Crippen LogP contribution in [0.1, 0.15) is 5.69 Å². The number of aromatic nitrogens is 2. The number of aryl methyl sites for hydroxylation is 2. The Hall–Kier alpha value is -1.57. The van der Waals surface area contributed by atoms with Crippen LogP contribution in [0.25, 0.3) is 0 Å². The summed E-state index contributed by atoms with van der Waals surface area (Å²) in [5, 5.41) is 6.40. The van der Waals surface area contributed by atoms with Gasteiger partial charge >= 0.3 is 0 Å². The van der Waals surface area contributed by atoms with Crippen LogP contribution >= 0.6 is 0 Å². The molecule has 0 atom stereocenters. The molecular weight excluding hydrogens is 232 g/mol. The Morgan fingerprint density at radius 2 is 2.12 bits per heavy atom. The molecule has 0 unspecified atom stereocenters. The number of nitrogens with one attached hydrogen (secondary N) is 1. The maximum Gasteiger partial charge on any atom is 0.240 e. The first-order valence-electron chi connectivity index (χ1n) is 4.47. The molecule has 1 aromatic rings. The Bertz CT molecular complexity index is 518. The van der Waals surface area contributed by atoms with Crippen molar-refractivity contribution in [1.82, 2.24) is 9.78 Å². The zero-order chi connectivity index (χ0) is 12.5. The molecule has 8 heteroatoms. The van der Waals surface area contributed by atoms with Gasteiger partial charge in [0.15, 0.2) is 15.7 Å². The number of anilines is 2. The predicted molar refractivity (Wildman–Crippen MR) is 60.7 cm³/mol. The topological polar surface area (TPSA) is 107 Å². The van der Waals surface area contributed by atoms with Crippen LogP contribution in [0.5, 0.6) is 0 Å². The molecule has 0 bridgehead atoms. The third-order valence-corrected chi connectivity index (χ3v) is 2.71. The van der Waals surface area contributed by atoms with E-state index in [1.54, 1.807) is 14.0 Å². The van der Waals surface area contributed by atoms with Crippen molar-refractivity contribution in [3.05, 3.63) is 5.69 Å². The lowest BCUT2D eigenvalue weighted by Crippen LogP contribution is -2.23. The molecule has 0 saturated carbocycles. The molecule has 1 rings (SSSR count). The SMILES string of the molecule is Cc1nn(C)c(NC(=O)CS(C)(=O)=O)c1N. The number of hydrogen-bond acceptors (Lipinski definition) is 5. The van der Waals surface area contributed by atoms with E-state index >= 15 is 0 Å². The summed E-state index contributed by atoms with van der Waals surface area (Å²) in [6.45, 7) is 1.70. The van der Waals surface area contributed by atoms with Crippen molar-refractivity contribution in [1.29, 1.82) is 0 Å². The molecule has 1 heterocycles. The normalized spacial score (nSPS) is 11.4. The maximum atomic E-state index is 11.4. The molecule has 0 radical (unpaired) electrons. The number of amides is 1. The quantitative estimate of drug-likeness (QED) is 0.733. The summed E-state index contributed by atoms with van der Waals surface area (Å²) < 4.78 is 23.2. The lowest BCUT2D eigenvalue weighted by molar-refractivity contribution is -0.113. The summed E-state index contributed by atoms with van der Waals surface area (Å²) in [7, 11) is -1.73. The molecule has 90 valence electrons. The Kier molecular flexibility index (Phi) is 3.22. The first kappa shape index (κ1) is 12.5. The second-order valence-corrected chi connectivity index (χ2v) is 5.73. The molecule has 0 spiro atoms. The van der Waals surface area contributed by atoms with E-state index < -0.39 is 21.5 Å². The van der Waals surface area contributed by atoms with Gasteiger partial charge in [0.1, 0.15) is 5.75 Å². The van der Waals surface area contributed by atoms with Gasteiger partial charge < -0.3 is 11.1 Å². The molecule has 1 aromatic heterocycles. The van der Waals surface area contributed by atoms with E-state index in [-0.39, 0.29) is 0 Å². The standard InChI is InChI=1S/C8H14N4O3S/c1-5-7(9)8(12(2)11-5)10-6(13)4-16(3,14)15/h4,9H2,1-3H3,(H,10,13). The number of nitrogen functional groups attached to an aromatic ring is 1. The van der Waals surface area contributed by atoms with Crippen LogP contribution < -0.4 is 11.1 Å². The minimum Gasteiger partial charge on any atom is -0.394 e. The van der Waals surface area contributed by atoms with E-state index in [4.69, 9.17) is 5.73 Å². The molecule has 0 aliphatic carbocycles. The number of nitrogens with zero attached hydrogens (tertiary/aromatic N) is 2. The van der Waals surface area contributed by atoms with Crippen LogP contribution in [0.4, 0.5) is 11.5 Å². The Morgan fingerprint density at radius 1 is 1.56 bits per heavy atom. The fourth-order valence-electron chi connectivity index (χ4n) is 1.23. The van der Waals surface area contributed by atoms with Gasteiger partial charge in [-0.2, -0.15) is 5.10 Å². The number of rotatable bonds is 3. The van der Waals surface area contributed by atoms with Crippen molar-refractivity contribution in [2.75, 3.05) is 23.1 Å². The number of nitrogens with two attached hydrogens (primary N) is 1. The van der Waals surface area contributed by atoms with Gasteiger partial charge in [-0.15, -0.1) is 0 Å². The first-order valence-corrected chi connectivity index (χ1v) is 6.53. The molecule has 0 fully saturated rings. The second kappa shape index (κ2) is 4.12. The number of sulfone groups is 1. The zero-order valence-electron chi connectivity index (χ0n) is 9.31. The average Bonchev–Trinajstić information content (AvgIpc) is 2.29.